The van der Waals surface area contributed by atoms with Gasteiger partial charge in [-0.25, -0.2) is 13.4 Å². The predicted octanol–water partition coefficient (Wildman–Crippen LogP) is 0.774. The van der Waals surface area contributed by atoms with Crippen LogP contribution in [-0.4, -0.2) is 39.1 Å². The van der Waals surface area contributed by atoms with Gasteiger partial charge in [0, 0.05) is 39.5 Å². The van der Waals surface area contributed by atoms with Crippen molar-refractivity contribution in [3.8, 4) is 0 Å². The highest BCUT2D eigenvalue weighted by Crippen LogP contribution is 2.18. The summed E-state index contributed by atoms with van der Waals surface area (Å²) in [5.74, 6) is 1.06. The van der Waals surface area contributed by atoms with Crippen molar-refractivity contribution in [2.75, 3.05) is 7.05 Å². The van der Waals surface area contributed by atoms with Gasteiger partial charge in [-0.2, -0.15) is 9.40 Å². The maximum Gasteiger partial charge on any atom is 0.246 e. The van der Waals surface area contributed by atoms with E-state index in [1.807, 2.05) is 6.20 Å². The quantitative estimate of drug-likeness (QED) is 0.836. The summed E-state index contributed by atoms with van der Waals surface area (Å²) < 4.78 is 29.8. The smallest absolute Gasteiger partial charge is 0.246 e. The van der Waals surface area contributed by atoms with Gasteiger partial charge in [0.15, 0.2) is 0 Å². The second-order valence-corrected chi connectivity index (χ2v) is 7.45. The number of hydrogen-bond acceptors (Lipinski definition) is 4. The maximum atomic E-state index is 12.4. The van der Waals surface area contributed by atoms with E-state index in [1.54, 1.807) is 14.1 Å². The summed E-state index contributed by atoms with van der Waals surface area (Å²) in [6, 6.07) is 0. The van der Waals surface area contributed by atoms with Crippen LogP contribution in [0.5, 0.6) is 0 Å². The molecule has 0 N–H and O–H groups in total. The number of hydrogen-bond donors (Lipinski definition) is 0. The lowest BCUT2D eigenvalue weighted by Crippen LogP contribution is -2.26. The molecule has 8 heteroatoms. The number of sulfonamides is 1. The Kier molecular flexibility index (Phi) is 3.58. The summed E-state index contributed by atoms with van der Waals surface area (Å²) in [5, 5.41) is 3.92. The first-order valence-electron chi connectivity index (χ1n) is 6.97. The van der Waals surface area contributed by atoms with Gasteiger partial charge in [-0.15, -0.1) is 0 Å². The van der Waals surface area contributed by atoms with Crippen molar-refractivity contribution < 1.29 is 8.42 Å². The monoisotopic (exact) mass is 309 g/mol. The summed E-state index contributed by atoms with van der Waals surface area (Å²) in [4.78, 5) is 4.74. The molecule has 0 amide bonds. The lowest BCUT2D eigenvalue weighted by atomic mass is 10.2. The van der Waals surface area contributed by atoms with Crippen LogP contribution >= 0.6 is 0 Å². The number of imidazole rings is 1. The molecule has 2 aromatic heterocycles. The third-order valence-corrected chi connectivity index (χ3v) is 5.49. The van der Waals surface area contributed by atoms with Crippen LogP contribution in [0.3, 0.4) is 0 Å². The zero-order valence-electron chi connectivity index (χ0n) is 12.2. The SMILES string of the molecule is CN(Cc1cn2c(n1)CCCC2)S(=O)(=O)c1cnn(C)c1. The van der Waals surface area contributed by atoms with E-state index in [4.69, 9.17) is 0 Å². The fourth-order valence-electron chi connectivity index (χ4n) is 2.57. The molecule has 0 saturated heterocycles. The minimum atomic E-state index is -3.52. The van der Waals surface area contributed by atoms with Crippen molar-refractivity contribution in [2.45, 2.75) is 37.2 Å². The van der Waals surface area contributed by atoms with E-state index in [0.717, 1.165) is 37.3 Å². The Morgan fingerprint density at radius 2 is 2.14 bits per heavy atom. The Morgan fingerprint density at radius 3 is 2.81 bits per heavy atom. The standard InChI is InChI=1S/C13H19N5O2S/c1-16-10-12(7-14-16)21(19,20)17(2)8-11-9-18-6-4-3-5-13(18)15-11/h7,9-10H,3-6,8H2,1-2H3. The number of aromatic nitrogens is 4. The van der Waals surface area contributed by atoms with Gasteiger partial charge in [-0.05, 0) is 12.8 Å². The fraction of sp³-hybridized carbons (Fsp3) is 0.538. The number of rotatable bonds is 4. The molecule has 0 aliphatic carbocycles. The van der Waals surface area contributed by atoms with Gasteiger partial charge in [0.2, 0.25) is 10.0 Å². The molecule has 0 radical (unpaired) electrons. The lowest BCUT2D eigenvalue weighted by molar-refractivity contribution is 0.462. The normalized spacial score (nSPS) is 15.4. The largest absolute Gasteiger partial charge is 0.335 e. The summed E-state index contributed by atoms with van der Waals surface area (Å²) >= 11 is 0. The first-order chi connectivity index (χ1) is 9.96. The molecule has 0 saturated carbocycles. The van der Waals surface area contributed by atoms with E-state index in [9.17, 15) is 8.42 Å². The van der Waals surface area contributed by atoms with Crippen LogP contribution in [0, 0.1) is 0 Å². The summed E-state index contributed by atoms with van der Waals surface area (Å²) in [6.45, 7) is 1.25. The number of aryl methyl sites for hydroxylation is 3. The van der Waals surface area contributed by atoms with Crippen LogP contribution in [0.4, 0.5) is 0 Å². The molecule has 1 aliphatic heterocycles. The minimum absolute atomic E-state index is 0.205. The lowest BCUT2D eigenvalue weighted by Gasteiger charge is -2.14. The Labute approximate surface area is 124 Å². The first-order valence-corrected chi connectivity index (χ1v) is 8.41. The number of nitrogens with zero attached hydrogens (tertiary/aromatic N) is 5. The third kappa shape index (κ3) is 2.73. The second kappa shape index (κ2) is 5.27. The molecule has 0 fully saturated rings. The van der Waals surface area contributed by atoms with Crippen LogP contribution in [0.15, 0.2) is 23.5 Å². The van der Waals surface area contributed by atoms with Gasteiger partial charge in [-0.3, -0.25) is 4.68 Å². The first kappa shape index (κ1) is 14.3. The predicted molar refractivity (Wildman–Crippen MR) is 77.0 cm³/mol. The molecule has 0 aromatic carbocycles. The maximum absolute atomic E-state index is 12.4. The zero-order chi connectivity index (χ0) is 15.0. The number of fused-ring (bicyclic) bond motifs is 1. The summed E-state index contributed by atoms with van der Waals surface area (Å²) in [6.07, 6.45) is 8.11. The molecule has 0 bridgehead atoms. The molecule has 1 aliphatic rings. The van der Waals surface area contributed by atoms with E-state index in [2.05, 4.69) is 14.6 Å². The van der Waals surface area contributed by atoms with E-state index >= 15 is 0 Å². The molecule has 114 valence electrons. The fourth-order valence-corrected chi connectivity index (χ4v) is 3.70. The highest BCUT2D eigenvalue weighted by molar-refractivity contribution is 7.89. The summed E-state index contributed by atoms with van der Waals surface area (Å²) in [5.41, 5.74) is 0.793. The zero-order valence-corrected chi connectivity index (χ0v) is 13.0. The molecular formula is C13H19N5O2S. The van der Waals surface area contributed by atoms with Crippen LogP contribution < -0.4 is 0 Å². The topological polar surface area (TPSA) is 73.0 Å². The molecule has 0 spiro atoms. The van der Waals surface area contributed by atoms with E-state index in [-0.39, 0.29) is 11.4 Å². The van der Waals surface area contributed by atoms with Crippen LogP contribution in [0.1, 0.15) is 24.4 Å². The molecular weight excluding hydrogens is 290 g/mol. The highest BCUT2D eigenvalue weighted by Gasteiger charge is 2.24. The van der Waals surface area contributed by atoms with Crippen molar-refractivity contribution >= 4 is 10.0 Å². The molecule has 7 nitrogen and oxygen atoms in total. The molecule has 3 rings (SSSR count). The van der Waals surface area contributed by atoms with Gasteiger partial charge >= 0.3 is 0 Å². The van der Waals surface area contributed by atoms with Gasteiger partial charge in [0.1, 0.15) is 10.7 Å². The third-order valence-electron chi connectivity index (χ3n) is 3.73. The molecule has 21 heavy (non-hydrogen) atoms. The van der Waals surface area contributed by atoms with Gasteiger partial charge in [-0.1, -0.05) is 0 Å². The molecule has 3 heterocycles. The Morgan fingerprint density at radius 1 is 1.33 bits per heavy atom. The molecule has 0 unspecified atom stereocenters. The van der Waals surface area contributed by atoms with E-state index in [0.29, 0.717) is 0 Å². The van der Waals surface area contributed by atoms with Crippen LogP contribution in [0.2, 0.25) is 0 Å². The van der Waals surface area contributed by atoms with Crippen molar-refractivity contribution in [1.82, 2.24) is 23.6 Å². The van der Waals surface area contributed by atoms with Gasteiger partial charge in [0.05, 0.1) is 18.4 Å². The van der Waals surface area contributed by atoms with Crippen molar-refractivity contribution in [2.24, 2.45) is 7.05 Å². The second-order valence-electron chi connectivity index (χ2n) is 5.41. The molecule has 0 atom stereocenters. The molecule has 2 aromatic rings. The van der Waals surface area contributed by atoms with Crippen molar-refractivity contribution in [3.63, 3.8) is 0 Å². The highest BCUT2D eigenvalue weighted by atomic mass is 32.2. The Balaban J connectivity index is 1.79. The van der Waals surface area contributed by atoms with Gasteiger partial charge < -0.3 is 4.57 Å². The average Bonchev–Trinajstić information content (AvgIpc) is 3.04. The minimum Gasteiger partial charge on any atom is -0.335 e. The van der Waals surface area contributed by atoms with E-state index in [1.165, 1.54) is 21.4 Å². The van der Waals surface area contributed by atoms with E-state index < -0.39 is 10.0 Å². The Bertz CT molecular complexity index is 723. The van der Waals surface area contributed by atoms with Crippen LogP contribution in [0.25, 0.3) is 0 Å². The van der Waals surface area contributed by atoms with Gasteiger partial charge in [0.25, 0.3) is 0 Å². The Hall–Kier alpha value is -1.67. The average molecular weight is 309 g/mol. The van der Waals surface area contributed by atoms with Crippen LogP contribution in [-0.2, 0) is 36.6 Å². The van der Waals surface area contributed by atoms with Crippen molar-refractivity contribution in [1.29, 1.82) is 0 Å². The van der Waals surface area contributed by atoms with Crippen molar-refractivity contribution in [3.05, 3.63) is 30.1 Å². The summed E-state index contributed by atoms with van der Waals surface area (Å²) in [7, 11) is -0.250.